The van der Waals surface area contributed by atoms with Gasteiger partial charge in [-0.05, 0) is 43.0 Å². The van der Waals surface area contributed by atoms with Crippen LogP contribution < -0.4 is 4.31 Å². The molecule has 0 aliphatic carbocycles. The van der Waals surface area contributed by atoms with Gasteiger partial charge in [-0.25, -0.2) is 4.98 Å². The number of nitrogens with zero attached hydrogens (tertiary/aromatic N) is 4. The van der Waals surface area contributed by atoms with Gasteiger partial charge < -0.3 is 14.4 Å². The van der Waals surface area contributed by atoms with E-state index >= 15 is 0 Å². The number of benzene rings is 1. The third-order valence-corrected chi connectivity index (χ3v) is 10.1. The third-order valence-electron chi connectivity index (χ3n) is 6.39. The van der Waals surface area contributed by atoms with Crippen molar-refractivity contribution in [1.82, 2.24) is 19.8 Å². The number of amides is 1. The molecule has 0 radical (unpaired) electrons. The minimum Gasteiger partial charge on any atom is -0.587 e. The van der Waals surface area contributed by atoms with E-state index in [2.05, 4.69) is 35.0 Å². The first-order valence-electron chi connectivity index (χ1n) is 11.7. The molecular weight excluding hydrogens is 499 g/mol. The van der Waals surface area contributed by atoms with Crippen molar-refractivity contribution in [2.45, 2.75) is 31.5 Å². The van der Waals surface area contributed by atoms with E-state index in [1.807, 2.05) is 39.8 Å². The highest BCUT2D eigenvalue weighted by atomic mass is 32.2. The van der Waals surface area contributed by atoms with Gasteiger partial charge in [0.25, 0.3) is 0 Å². The lowest BCUT2D eigenvalue weighted by Gasteiger charge is -2.33. The van der Waals surface area contributed by atoms with Crippen LogP contribution in [-0.2, 0) is 22.7 Å². The van der Waals surface area contributed by atoms with Crippen LogP contribution in [0.25, 0.3) is 21.6 Å². The summed E-state index contributed by atoms with van der Waals surface area (Å²) in [6, 6.07) is 10.2. The van der Waals surface area contributed by atoms with Gasteiger partial charge in [0.2, 0.25) is 10.1 Å². The molecule has 3 aromatic heterocycles. The number of hydrogen-bond donors (Lipinski definition) is 1. The van der Waals surface area contributed by atoms with E-state index in [4.69, 9.17) is 4.98 Å². The highest BCUT2D eigenvalue weighted by Gasteiger charge is 2.26. The lowest BCUT2D eigenvalue weighted by molar-refractivity contribution is -0.130. The molecule has 1 atom stereocenters. The molecule has 10 heteroatoms. The fraction of sp³-hybridized carbons (Fsp3) is 0.360. The topological polar surface area (TPSA) is 78.5 Å². The molecule has 1 amide bonds. The first kappa shape index (κ1) is 24.3. The van der Waals surface area contributed by atoms with E-state index < -0.39 is 11.4 Å². The summed E-state index contributed by atoms with van der Waals surface area (Å²) < 4.78 is 16.1. The molecule has 1 aromatic carbocycles. The Hall–Kier alpha value is -2.37. The molecule has 1 unspecified atom stereocenters. The molecule has 35 heavy (non-hydrogen) atoms. The van der Waals surface area contributed by atoms with Crippen molar-refractivity contribution >= 4 is 56.5 Å². The summed E-state index contributed by atoms with van der Waals surface area (Å²) in [7, 11) is 0. The van der Waals surface area contributed by atoms with Crippen LogP contribution in [0, 0.1) is 6.92 Å². The lowest BCUT2D eigenvalue weighted by atomic mass is 10.1. The molecule has 1 aliphatic heterocycles. The van der Waals surface area contributed by atoms with E-state index in [0.717, 1.165) is 64.2 Å². The average molecular weight is 528 g/mol. The number of H-pyrrole nitrogens is 1. The number of piperazine rings is 1. The van der Waals surface area contributed by atoms with Gasteiger partial charge in [-0.3, -0.25) is 9.69 Å². The number of aromatic amines is 1. The maximum atomic E-state index is 13.3. The Labute approximate surface area is 216 Å². The molecule has 4 heterocycles. The summed E-state index contributed by atoms with van der Waals surface area (Å²) in [6.45, 7) is 10.6. The van der Waals surface area contributed by atoms with Crippen molar-refractivity contribution in [2.24, 2.45) is 0 Å². The van der Waals surface area contributed by atoms with Gasteiger partial charge in [0.15, 0.2) is 0 Å². The molecule has 0 saturated carbocycles. The van der Waals surface area contributed by atoms with Gasteiger partial charge in [0.1, 0.15) is 22.1 Å². The Morgan fingerprint density at radius 2 is 2.06 bits per heavy atom. The van der Waals surface area contributed by atoms with Crippen molar-refractivity contribution in [2.75, 3.05) is 37.0 Å². The number of carbonyl (C=O) groups excluding carboxylic acids is 1. The SMILES string of the molecule is CCN(c1ccc(C)c2cc(-c3ncc(CN4CCN(C(C)=O)CC4)s3)[nH]c12)[S+]([O-])c1cccs1. The quantitative estimate of drug-likeness (QED) is 0.347. The average Bonchev–Trinajstić information content (AvgIpc) is 3.62. The summed E-state index contributed by atoms with van der Waals surface area (Å²) >= 11 is 1.95. The number of carbonyl (C=O) groups is 1. The number of thiazole rings is 1. The minimum absolute atomic E-state index is 0.152. The summed E-state index contributed by atoms with van der Waals surface area (Å²) in [4.78, 5) is 25.4. The van der Waals surface area contributed by atoms with Gasteiger partial charge in [-0.2, -0.15) is 4.31 Å². The van der Waals surface area contributed by atoms with Crippen molar-refractivity contribution in [3.05, 3.63) is 52.3 Å². The molecule has 5 rings (SSSR count). The van der Waals surface area contributed by atoms with Crippen molar-refractivity contribution in [3.63, 3.8) is 0 Å². The largest absolute Gasteiger partial charge is 0.587 e. The lowest BCUT2D eigenvalue weighted by Crippen LogP contribution is -2.47. The normalized spacial score (nSPS) is 15.6. The number of hydrogen-bond acceptors (Lipinski definition) is 7. The minimum atomic E-state index is -1.26. The third kappa shape index (κ3) is 4.99. The molecule has 0 spiro atoms. The standard InChI is InChI=1S/C25H29N5O2S3/c1-4-30(35(32)23-6-5-13-33-23)22-8-7-17(2)20-14-21(27-24(20)22)25-26-15-19(34-25)16-28-9-11-29(12-10-28)18(3)31/h5-8,13-15,27H,4,9-12,16H2,1-3H3. The highest BCUT2D eigenvalue weighted by Crippen LogP contribution is 2.37. The molecule has 1 saturated heterocycles. The Morgan fingerprint density at radius 1 is 1.26 bits per heavy atom. The fourth-order valence-corrected chi connectivity index (χ4v) is 7.58. The molecule has 0 bridgehead atoms. The van der Waals surface area contributed by atoms with E-state index in [-0.39, 0.29) is 5.91 Å². The fourth-order valence-electron chi connectivity index (χ4n) is 4.46. The predicted molar refractivity (Wildman–Crippen MR) is 145 cm³/mol. The summed E-state index contributed by atoms with van der Waals surface area (Å²) in [6.07, 6.45) is 1.96. The van der Waals surface area contributed by atoms with Gasteiger partial charge in [-0.1, -0.05) is 17.4 Å². The molecule has 7 nitrogen and oxygen atoms in total. The summed E-state index contributed by atoms with van der Waals surface area (Å²) in [5, 5.41) is 4.03. The smallest absolute Gasteiger partial charge is 0.233 e. The second-order valence-corrected chi connectivity index (χ2v) is 12.4. The maximum absolute atomic E-state index is 13.3. The highest BCUT2D eigenvalue weighted by molar-refractivity contribution is 7.94. The van der Waals surface area contributed by atoms with Crippen LogP contribution >= 0.6 is 22.7 Å². The predicted octanol–water partition coefficient (Wildman–Crippen LogP) is 4.87. The van der Waals surface area contributed by atoms with E-state index in [1.165, 1.54) is 21.8 Å². The van der Waals surface area contributed by atoms with Crippen LogP contribution in [0.2, 0.25) is 0 Å². The van der Waals surface area contributed by atoms with Crippen LogP contribution in [0.4, 0.5) is 5.69 Å². The van der Waals surface area contributed by atoms with Crippen LogP contribution in [0.5, 0.6) is 0 Å². The second kappa shape index (κ2) is 10.3. The van der Waals surface area contributed by atoms with Crippen LogP contribution in [0.1, 0.15) is 24.3 Å². The molecule has 1 aliphatic rings. The van der Waals surface area contributed by atoms with Gasteiger partial charge in [0, 0.05) is 62.2 Å². The summed E-state index contributed by atoms with van der Waals surface area (Å²) in [5.41, 5.74) is 4.07. The number of aryl methyl sites for hydroxylation is 1. The van der Waals surface area contributed by atoms with Gasteiger partial charge in [0.05, 0.1) is 17.8 Å². The number of thiophene rings is 1. The number of aromatic nitrogens is 2. The van der Waals surface area contributed by atoms with E-state index in [9.17, 15) is 9.35 Å². The first-order chi connectivity index (χ1) is 16.9. The van der Waals surface area contributed by atoms with Crippen molar-refractivity contribution in [3.8, 4) is 10.7 Å². The zero-order valence-electron chi connectivity index (χ0n) is 20.1. The maximum Gasteiger partial charge on any atom is 0.233 e. The molecule has 4 aromatic rings. The molecule has 184 valence electrons. The monoisotopic (exact) mass is 527 g/mol. The van der Waals surface area contributed by atoms with Crippen molar-refractivity contribution in [1.29, 1.82) is 0 Å². The Kier molecular flexibility index (Phi) is 7.17. The van der Waals surface area contributed by atoms with Crippen molar-refractivity contribution < 1.29 is 9.35 Å². The molecule has 1 N–H and O–H groups in total. The van der Waals surface area contributed by atoms with Gasteiger partial charge in [-0.15, -0.1) is 11.3 Å². The number of fused-ring (bicyclic) bond motifs is 1. The van der Waals surface area contributed by atoms with E-state index in [1.54, 1.807) is 18.3 Å². The molecule has 1 fully saturated rings. The number of nitrogens with one attached hydrogen (secondary N) is 1. The Balaban J connectivity index is 1.39. The number of anilines is 1. The van der Waals surface area contributed by atoms with Crippen LogP contribution in [0.3, 0.4) is 0 Å². The molecular formula is C25H29N5O2S3. The Morgan fingerprint density at radius 3 is 2.74 bits per heavy atom. The van der Waals surface area contributed by atoms with Crippen LogP contribution in [-0.4, -0.2) is 63.0 Å². The summed E-state index contributed by atoms with van der Waals surface area (Å²) in [5.74, 6) is 0.152. The van der Waals surface area contributed by atoms with E-state index in [0.29, 0.717) is 6.54 Å². The second-order valence-electron chi connectivity index (χ2n) is 8.66. The zero-order chi connectivity index (χ0) is 24.5. The van der Waals surface area contributed by atoms with Crippen LogP contribution in [0.15, 0.2) is 46.1 Å². The number of rotatable bonds is 7. The van der Waals surface area contributed by atoms with Gasteiger partial charge >= 0.3 is 0 Å². The Bertz CT molecular complexity index is 1310. The first-order valence-corrected chi connectivity index (χ1v) is 14.5. The zero-order valence-corrected chi connectivity index (χ0v) is 22.6.